The molecule has 0 saturated heterocycles. The Morgan fingerprint density at radius 3 is 2.33 bits per heavy atom. The van der Waals surface area contributed by atoms with Gasteiger partial charge in [-0.15, -0.1) is 0 Å². The number of nitrogens with two attached hydrogens (primary N) is 1. The highest BCUT2D eigenvalue weighted by molar-refractivity contribution is 5.43. The first-order valence-corrected chi connectivity index (χ1v) is 4.35. The molecule has 0 aromatic heterocycles. The Labute approximate surface area is 85.8 Å². The molecule has 2 nitrogen and oxygen atoms in total. The average molecular weight is 219 g/mol. The number of rotatable bonds is 2. The van der Waals surface area contributed by atoms with E-state index in [1.165, 1.54) is 20.1 Å². The third kappa shape index (κ3) is 2.41. The molecule has 0 saturated carbocycles. The van der Waals surface area contributed by atoms with Crippen molar-refractivity contribution in [2.45, 2.75) is 19.6 Å². The van der Waals surface area contributed by atoms with Crippen LogP contribution in [0.15, 0.2) is 12.1 Å². The van der Waals surface area contributed by atoms with Crippen molar-refractivity contribution >= 4 is 0 Å². The van der Waals surface area contributed by atoms with Crippen LogP contribution in [0.1, 0.15) is 16.7 Å². The number of benzene rings is 1. The fourth-order valence-corrected chi connectivity index (χ4v) is 1.37. The van der Waals surface area contributed by atoms with Crippen molar-refractivity contribution in [3.8, 4) is 5.75 Å². The molecule has 1 aromatic carbocycles. The second-order valence-electron chi connectivity index (χ2n) is 3.16. The highest BCUT2D eigenvalue weighted by Crippen LogP contribution is 2.35. The van der Waals surface area contributed by atoms with Gasteiger partial charge in [0.05, 0.1) is 12.7 Å². The Kier molecular flexibility index (Phi) is 3.24. The molecule has 0 atom stereocenters. The van der Waals surface area contributed by atoms with Crippen LogP contribution in [0.5, 0.6) is 5.75 Å². The maximum Gasteiger partial charge on any atom is 0.416 e. The first-order chi connectivity index (χ1) is 6.90. The van der Waals surface area contributed by atoms with E-state index < -0.39 is 11.7 Å². The van der Waals surface area contributed by atoms with Gasteiger partial charge in [-0.05, 0) is 30.2 Å². The number of hydrogen-bond acceptors (Lipinski definition) is 2. The van der Waals surface area contributed by atoms with Gasteiger partial charge in [0.15, 0.2) is 0 Å². The van der Waals surface area contributed by atoms with Crippen LogP contribution in [0, 0.1) is 6.92 Å². The molecule has 0 fully saturated rings. The molecule has 0 heterocycles. The van der Waals surface area contributed by atoms with Gasteiger partial charge < -0.3 is 10.5 Å². The molecule has 0 spiro atoms. The van der Waals surface area contributed by atoms with Crippen LogP contribution in [0.2, 0.25) is 0 Å². The van der Waals surface area contributed by atoms with Crippen LogP contribution in [0.3, 0.4) is 0 Å². The predicted octanol–water partition coefficient (Wildman–Crippen LogP) is 2.48. The van der Waals surface area contributed by atoms with Crippen molar-refractivity contribution in [2.75, 3.05) is 7.11 Å². The number of ether oxygens (including phenoxy) is 1. The molecule has 0 unspecified atom stereocenters. The maximum atomic E-state index is 12.6. The fraction of sp³-hybridized carbons (Fsp3) is 0.400. The van der Waals surface area contributed by atoms with Gasteiger partial charge in [0.2, 0.25) is 0 Å². The number of alkyl halides is 3. The standard InChI is InChI=1S/C10H12F3NO/c1-6-7(5-14)3-8(15-2)4-9(6)10(11,12)13/h3-4H,5,14H2,1-2H3. The highest BCUT2D eigenvalue weighted by atomic mass is 19.4. The van der Waals surface area contributed by atoms with E-state index in [2.05, 4.69) is 0 Å². The van der Waals surface area contributed by atoms with Crippen molar-refractivity contribution in [1.82, 2.24) is 0 Å². The molecule has 0 amide bonds. The van der Waals surface area contributed by atoms with Crippen LogP contribution in [-0.2, 0) is 12.7 Å². The average Bonchev–Trinajstić information content (AvgIpc) is 2.16. The normalized spacial score (nSPS) is 11.6. The topological polar surface area (TPSA) is 35.2 Å². The van der Waals surface area contributed by atoms with Crippen molar-refractivity contribution in [2.24, 2.45) is 5.73 Å². The summed E-state index contributed by atoms with van der Waals surface area (Å²) in [5.41, 5.74) is 5.28. The van der Waals surface area contributed by atoms with E-state index in [-0.39, 0.29) is 17.9 Å². The van der Waals surface area contributed by atoms with Crippen LogP contribution < -0.4 is 10.5 Å². The molecule has 0 aliphatic rings. The first-order valence-electron chi connectivity index (χ1n) is 4.35. The SMILES string of the molecule is COc1cc(CN)c(C)c(C(F)(F)F)c1. The Bertz CT molecular complexity index is 360. The molecule has 2 N–H and O–H groups in total. The monoisotopic (exact) mass is 219 g/mol. The molecule has 84 valence electrons. The zero-order chi connectivity index (χ0) is 11.6. The minimum absolute atomic E-state index is 0.0616. The summed E-state index contributed by atoms with van der Waals surface area (Å²) in [6, 6.07) is 2.50. The summed E-state index contributed by atoms with van der Waals surface area (Å²) in [6.45, 7) is 1.47. The molecule has 0 aliphatic carbocycles. The van der Waals surface area contributed by atoms with Gasteiger partial charge in [0.1, 0.15) is 5.75 Å². The molecule has 5 heteroatoms. The van der Waals surface area contributed by atoms with E-state index in [4.69, 9.17) is 10.5 Å². The van der Waals surface area contributed by atoms with Crippen molar-refractivity contribution < 1.29 is 17.9 Å². The summed E-state index contributed by atoms with van der Waals surface area (Å²) in [5.74, 6) is 0.174. The molecule has 1 rings (SSSR count). The maximum absolute atomic E-state index is 12.6. The Hall–Kier alpha value is -1.23. The van der Waals surface area contributed by atoms with Gasteiger partial charge in [-0.1, -0.05) is 0 Å². The van der Waals surface area contributed by atoms with Gasteiger partial charge in [-0.2, -0.15) is 13.2 Å². The lowest BCUT2D eigenvalue weighted by atomic mass is 10.0. The lowest BCUT2D eigenvalue weighted by molar-refractivity contribution is -0.138. The first kappa shape index (κ1) is 11.8. The summed E-state index contributed by atoms with van der Waals surface area (Å²) < 4.78 is 42.5. The molecule has 0 bridgehead atoms. The summed E-state index contributed by atoms with van der Waals surface area (Å²) in [4.78, 5) is 0. The van der Waals surface area contributed by atoms with Gasteiger partial charge in [0.25, 0.3) is 0 Å². The quantitative estimate of drug-likeness (QED) is 0.829. The Morgan fingerprint density at radius 2 is 1.93 bits per heavy atom. The lowest BCUT2D eigenvalue weighted by Crippen LogP contribution is -2.11. The highest BCUT2D eigenvalue weighted by Gasteiger charge is 2.33. The second kappa shape index (κ2) is 4.10. The Morgan fingerprint density at radius 1 is 1.33 bits per heavy atom. The largest absolute Gasteiger partial charge is 0.497 e. The van der Waals surface area contributed by atoms with Crippen LogP contribution >= 0.6 is 0 Å². The third-order valence-corrected chi connectivity index (χ3v) is 2.25. The smallest absolute Gasteiger partial charge is 0.416 e. The Balaban J connectivity index is 3.37. The van der Waals surface area contributed by atoms with Gasteiger partial charge in [-0.3, -0.25) is 0 Å². The number of methoxy groups -OCH3 is 1. The molecule has 0 radical (unpaired) electrons. The van der Waals surface area contributed by atoms with Crippen molar-refractivity contribution in [1.29, 1.82) is 0 Å². The van der Waals surface area contributed by atoms with E-state index in [9.17, 15) is 13.2 Å². The van der Waals surface area contributed by atoms with Crippen LogP contribution in [0.4, 0.5) is 13.2 Å². The molecule has 15 heavy (non-hydrogen) atoms. The van der Waals surface area contributed by atoms with Gasteiger partial charge >= 0.3 is 6.18 Å². The van der Waals surface area contributed by atoms with E-state index in [1.54, 1.807) is 0 Å². The molecule has 1 aromatic rings. The van der Waals surface area contributed by atoms with E-state index in [0.717, 1.165) is 6.07 Å². The van der Waals surface area contributed by atoms with Crippen LogP contribution in [-0.4, -0.2) is 7.11 Å². The predicted molar refractivity (Wildman–Crippen MR) is 50.6 cm³/mol. The van der Waals surface area contributed by atoms with Gasteiger partial charge in [0, 0.05) is 6.54 Å². The summed E-state index contributed by atoms with van der Waals surface area (Å²) in [5, 5.41) is 0. The molecule has 0 aliphatic heterocycles. The summed E-state index contributed by atoms with van der Waals surface area (Å²) in [6.07, 6.45) is -4.37. The minimum Gasteiger partial charge on any atom is -0.497 e. The van der Waals surface area contributed by atoms with E-state index >= 15 is 0 Å². The second-order valence-corrected chi connectivity index (χ2v) is 3.16. The minimum atomic E-state index is -4.37. The van der Waals surface area contributed by atoms with Crippen molar-refractivity contribution in [3.63, 3.8) is 0 Å². The third-order valence-electron chi connectivity index (χ3n) is 2.25. The number of hydrogen-bond donors (Lipinski definition) is 1. The summed E-state index contributed by atoms with van der Waals surface area (Å²) in [7, 11) is 1.32. The molecular weight excluding hydrogens is 207 g/mol. The van der Waals surface area contributed by atoms with Gasteiger partial charge in [-0.25, -0.2) is 0 Å². The fourth-order valence-electron chi connectivity index (χ4n) is 1.37. The number of halogens is 3. The van der Waals surface area contributed by atoms with Crippen LogP contribution in [0.25, 0.3) is 0 Å². The lowest BCUT2D eigenvalue weighted by Gasteiger charge is -2.15. The molecular formula is C10H12F3NO. The zero-order valence-corrected chi connectivity index (χ0v) is 8.48. The zero-order valence-electron chi connectivity index (χ0n) is 8.48. The summed E-state index contributed by atoms with van der Waals surface area (Å²) >= 11 is 0. The van der Waals surface area contributed by atoms with Crippen molar-refractivity contribution in [3.05, 3.63) is 28.8 Å². The van der Waals surface area contributed by atoms with E-state index in [0.29, 0.717) is 5.56 Å². The van der Waals surface area contributed by atoms with E-state index in [1.807, 2.05) is 0 Å².